The molecule has 1 aromatic rings. The topological polar surface area (TPSA) is 18.5 Å². The van der Waals surface area contributed by atoms with E-state index in [1.165, 1.54) is 49.3 Å². The SMILES string of the molecule is CC1CN(C)CCCN1c1ccc2c(c1)NCCC2. The van der Waals surface area contributed by atoms with Gasteiger partial charge in [-0.05, 0) is 57.5 Å². The van der Waals surface area contributed by atoms with Crippen LogP contribution in [0.5, 0.6) is 0 Å². The summed E-state index contributed by atoms with van der Waals surface area (Å²) in [7, 11) is 2.23. The summed E-state index contributed by atoms with van der Waals surface area (Å²) in [6.45, 7) is 7.00. The van der Waals surface area contributed by atoms with Crippen molar-refractivity contribution in [3.05, 3.63) is 23.8 Å². The molecule has 2 aliphatic heterocycles. The van der Waals surface area contributed by atoms with Gasteiger partial charge in [-0.3, -0.25) is 0 Å². The van der Waals surface area contributed by atoms with E-state index in [0.29, 0.717) is 6.04 Å². The third kappa shape index (κ3) is 2.71. The summed E-state index contributed by atoms with van der Waals surface area (Å²) >= 11 is 0. The molecular weight excluding hydrogens is 234 g/mol. The third-order valence-corrected chi connectivity index (χ3v) is 4.41. The number of hydrogen-bond acceptors (Lipinski definition) is 3. The predicted octanol–water partition coefficient (Wildman–Crippen LogP) is 2.58. The van der Waals surface area contributed by atoms with Crippen molar-refractivity contribution in [2.75, 3.05) is 43.4 Å². The molecule has 0 bridgehead atoms. The lowest BCUT2D eigenvalue weighted by atomic mass is 10.0. The minimum absolute atomic E-state index is 0.592. The van der Waals surface area contributed by atoms with Gasteiger partial charge in [0.15, 0.2) is 0 Å². The largest absolute Gasteiger partial charge is 0.385 e. The summed E-state index contributed by atoms with van der Waals surface area (Å²) in [5, 5.41) is 3.54. The Kier molecular flexibility index (Phi) is 3.65. The van der Waals surface area contributed by atoms with E-state index in [1.54, 1.807) is 0 Å². The minimum atomic E-state index is 0.592. The number of hydrogen-bond donors (Lipinski definition) is 1. The van der Waals surface area contributed by atoms with E-state index in [9.17, 15) is 0 Å². The van der Waals surface area contributed by atoms with E-state index < -0.39 is 0 Å². The van der Waals surface area contributed by atoms with Gasteiger partial charge in [0.1, 0.15) is 0 Å². The zero-order valence-electron chi connectivity index (χ0n) is 12.2. The maximum atomic E-state index is 3.54. The molecule has 0 saturated carbocycles. The number of rotatable bonds is 1. The first-order valence-electron chi connectivity index (χ1n) is 7.56. The molecule has 0 radical (unpaired) electrons. The van der Waals surface area contributed by atoms with Gasteiger partial charge in [-0.25, -0.2) is 0 Å². The highest BCUT2D eigenvalue weighted by atomic mass is 15.2. The number of benzene rings is 1. The van der Waals surface area contributed by atoms with Crippen LogP contribution in [0.15, 0.2) is 18.2 Å². The second kappa shape index (κ2) is 5.41. The number of nitrogens with zero attached hydrogens (tertiary/aromatic N) is 2. The van der Waals surface area contributed by atoms with Gasteiger partial charge >= 0.3 is 0 Å². The normalized spacial score (nSPS) is 24.5. The molecule has 2 heterocycles. The molecule has 0 spiro atoms. The monoisotopic (exact) mass is 259 g/mol. The lowest BCUT2D eigenvalue weighted by Gasteiger charge is -2.31. The zero-order valence-corrected chi connectivity index (χ0v) is 12.2. The Morgan fingerprint density at radius 2 is 2.11 bits per heavy atom. The van der Waals surface area contributed by atoms with Crippen molar-refractivity contribution in [1.29, 1.82) is 0 Å². The van der Waals surface area contributed by atoms with Crippen molar-refractivity contribution in [2.24, 2.45) is 0 Å². The number of aryl methyl sites for hydroxylation is 1. The molecule has 1 aromatic carbocycles. The van der Waals surface area contributed by atoms with Crippen LogP contribution >= 0.6 is 0 Å². The Hall–Kier alpha value is -1.22. The second-order valence-electron chi connectivity index (χ2n) is 6.03. The molecule has 3 rings (SSSR count). The highest BCUT2D eigenvalue weighted by molar-refractivity contribution is 5.63. The van der Waals surface area contributed by atoms with Gasteiger partial charge in [-0.1, -0.05) is 6.07 Å². The zero-order chi connectivity index (χ0) is 13.2. The van der Waals surface area contributed by atoms with Crippen molar-refractivity contribution >= 4 is 11.4 Å². The molecule has 104 valence electrons. The summed E-state index contributed by atoms with van der Waals surface area (Å²) in [5.74, 6) is 0. The van der Waals surface area contributed by atoms with Gasteiger partial charge in [0, 0.05) is 37.1 Å². The molecule has 1 N–H and O–H groups in total. The quantitative estimate of drug-likeness (QED) is 0.836. The first-order chi connectivity index (χ1) is 9.24. The summed E-state index contributed by atoms with van der Waals surface area (Å²) in [4.78, 5) is 5.02. The lowest BCUT2D eigenvalue weighted by Crippen LogP contribution is -2.38. The van der Waals surface area contributed by atoms with Crippen LogP contribution in [-0.2, 0) is 6.42 Å². The molecule has 0 amide bonds. The minimum Gasteiger partial charge on any atom is -0.385 e. The predicted molar refractivity (Wildman–Crippen MR) is 82.2 cm³/mol. The Labute approximate surface area is 116 Å². The van der Waals surface area contributed by atoms with Crippen LogP contribution in [0.2, 0.25) is 0 Å². The molecule has 19 heavy (non-hydrogen) atoms. The van der Waals surface area contributed by atoms with Gasteiger partial charge < -0.3 is 15.1 Å². The van der Waals surface area contributed by atoms with Gasteiger partial charge in [0.2, 0.25) is 0 Å². The number of anilines is 2. The maximum Gasteiger partial charge on any atom is 0.0393 e. The number of fused-ring (bicyclic) bond motifs is 1. The van der Waals surface area contributed by atoms with Gasteiger partial charge in [0.05, 0.1) is 0 Å². The first kappa shape index (κ1) is 12.8. The summed E-state index contributed by atoms with van der Waals surface area (Å²) in [6, 6.07) is 7.58. The van der Waals surface area contributed by atoms with E-state index >= 15 is 0 Å². The molecule has 1 unspecified atom stereocenters. The molecular formula is C16H25N3. The van der Waals surface area contributed by atoms with Crippen LogP contribution in [0.1, 0.15) is 25.3 Å². The fourth-order valence-electron chi connectivity index (χ4n) is 3.38. The Morgan fingerprint density at radius 3 is 3.00 bits per heavy atom. The molecule has 1 fully saturated rings. The first-order valence-corrected chi connectivity index (χ1v) is 7.56. The van der Waals surface area contributed by atoms with E-state index in [0.717, 1.165) is 13.1 Å². The van der Waals surface area contributed by atoms with Gasteiger partial charge in [0.25, 0.3) is 0 Å². The van der Waals surface area contributed by atoms with Crippen molar-refractivity contribution in [3.8, 4) is 0 Å². The summed E-state index contributed by atoms with van der Waals surface area (Å²) < 4.78 is 0. The molecule has 3 heteroatoms. The van der Waals surface area contributed by atoms with Crippen molar-refractivity contribution in [2.45, 2.75) is 32.2 Å². The molecule has 1 saturated heterocycles. The van der Waals surface area contributed by atoms with Gasteiger partial charge in [-0.15, -0.1) is 0 Å². The van der Waals surface area contributed by atoms with Gasteiger partial charge in [-0.2, -0.15) is 0 Å². The molecule has 3 nitrogen and oxygen atoms in total. The molecule has 2 aliphatic rings. The smallest absolute Gasteiger partial charge is 0.0393 e. The third-order valence-electron chi connectivity index (χ3n) is 4.41. The van der Waals surface area contributed by atoms with Crippen LogP contribution < -0.4 is 10.2 Å². The average Bonchev–Trinajstić information content (AvgIpc) is 2.59. The van der Waals surface area contributed by atoms with E-state index in [1.807, 2.05) is 0 Å². The highest BCUT2D eigenvalue weighted by Gasteiger charge is 2.21. The second-order valence-corrected chi connectivity index (χ2v) is 6.03. The highest BCUT2D eigenvalue weighted by Crippen LogP contribution is 2.29. The Morgan fingerprint density at radius 1 is 1.21 bits per heavy atom. The molecule has 0 aromatic heterocycles. The average molecular weight is 259 g/mol. The number of nitrogens with one attached hydrogen (secondary N) is 1. The standard InChI is InChI=1S/C16H25N3/c1-13-12-18(2)9-4-10-19(13)15-7-6-14-5-3-8-17-16(14)11-15/h6-7,11,13,17H,3-5,8-10,12H2,1-2H3. The fourth-order valence-corrected chi connectivity index (χ4v) is 3.38. The molecule has 0 aliphatic carbocycles. The summed E-state index contributed by atoms with van der Waals surface area (Å²) in [6.07, 6.45) is 3.74. The van der Waals surface area contributed by atoms with E-state index in [2.05, 4.69) is 47.3 Å². The Balaban J connectivity index is 1.84. The van der Waals surface area contributed by atoms with Crippen LogP contribution in [0.4, 0.5) is 11.4 Å². The Bertz CT molecular complexity index is 444. The van der Waals surface area contributed by atoms with Crippen LogP contribution in [0, 0.1) is 0 Å². The lowest BCUT2D eigenvalue weighted by molar-refractivity contribution is 0.337. The number of likely N-dealkylation sites (N-methyl/N-ethyl adjacent to an activating group) is 1. The van der Waals surface area contributed by atoms with E-state index in [-0.39, 0.29) is 0 Å². The van der Waals surface area contributed by atoms with Crippen molar-refractivity contribution < 1.29 is 0 Å². The van der Waals surface area contributed by atoms with Crippen molar-refractivity contribution in [3.63, 3.8) is 0 Å². The fraction of sp³-hybridized carbons (Fsp3) is 0.625. The van der Waals surface area contributed by atoms with Crippen LogP contribution in [-0.4, -0.2) is 44.2 Å². The maximum absolute atomic E-state index is 3.54. The van der Waals surface area contributed by atoms with E-state index in [4.69, 9.17) is 0 Å². The summed E-state index contributed by atoms with van der Waals surface area (Å²) in [5.41, 5.74) is 4.22. The molecule has 1 atom stereocenters. The van der Waals surface area contributed by atoms with Crippen molar-refractivity contribution in [1.82, 2.24) is 4.90 Å². The van der Waals surface area contributed by atoms with Crippen LogP contribution in [0.3, 0.4) is 0 Å². The van der Waals surface area contributed by atoms with Crippen LogP contribution in [0.25, 0.3) is 0 Å².